The first-order chi connectivity index (χ1) is 10.1. The van der Waals surface area contributed by atoms with Crippen molar-refractivity contribution in [1.29, 1.82) is 0 Å². The molecule has 2 N–H and O–H groups in total. The summed E-state index contributed by atoms with van der Waals surface area (Å²) in [5.41, 5.74) is 2.26. The van der Waals surface area contributed by atoms with Gasteiger partial charge in [0.15, 0.2) is 5.96 Å². The van der Waals surface area contributed by atoms with Gasteiger partial charge in [-0.3, -0.25) is 9.67 Å². The van der Waals surface area contributed by atoms with Crippen molar-refractivity contribution >= 4 is 17.3 Å². The average Bonchev–Trinajstić information content (AvgIpc) is 3.00. The number of aliphatic imine (C=N–C) groups is 1. The molecule has 2 rings (SSSR count). The van der Waals surface area contributed by atoms with Gasteiger partial charge >= 0.3 is 0 Å². The van der Waals surface area contributed by atoms with Crippen LogP contribution in [0.2, 0.25) is 0 Å². The Kier molecular flexibility index (Phi) is 5.32. The van der Waals surface area contributed by atoms with Crippen molar-refractivity contribution in [1.82, 2.24) is 25.4 Å². The molecule has 0 aliphatic carbocycles. The molecule has 21 heavy (non-hydrogen) atoms. The van der Waals surface area contributed by atoms with Crippen LogP contribution >= 0.6 is 11.3 Å². The zero-order valence-corrected chi connectivity index (χ0v) is 13.8. The summed E-state index contributed by atoms with van der Waals surface area (Å²) in [4.78, 5) is 10.0. The van der Waals surface area contributed by atoms with E-state index in [1.54, 1.807) is 23.1 Å². The van der Waals surface area contributed by atoms with Crippen molar-refractivity contribution in [3.05, 3.63) is 33.5 Å². The molecule has 0 unspecified atom stereocenters. The number of guanidine groups is 1. The van der Waals surface area contributed by atoms with Crippen LogP contribution in [0.15, 0.2) is 17.4 Å². The van der Waals surface area contributed by atoms with E-state index in [1.165, 1.54) is 9.88 Å². The maximum Gasteiger partial charge on any atom is 0.191 e. The molecule has 2 aromatic rings. The number of hydrogen-bond acceptors (Lipinski definition) is 4. The third kappa shape index (κ3) is 4.56. The van der Waals surface area contributed by atoms with Gasteiger partial charge in [0.2, 0.25) is 0 Å². The number of aromatic nitrogens is 3. The van der Waals surface area contributed by atoms with Crippen LogP contribution in [0.1, 0.15) is 21.1 Å². The first kappa shape index (κ1) is 15.5. The van der Waals surface area contributed by atoms with Crippen molar-refractivity contribution in [2.45, 2.75) is 26.8 Å². The maximum atomic E-state index is 4.54. The SMILES string of the molecule is CN=C(NCCc1nc(C)c(C)s1)NCc1cnn(C)c1. The van der Waals surface area contributed by atoms with Crippen molar-refractivity contribution in [2.75, 3.05) is 13.6 Å². The molecular weight excluding hydrogens is 284 g/mol. The quantitative estimate of drug-likeness (QED) is 0.647. The molecule has 114 valence electrons. The Morgan fingerprint density at radius 2 is 2.19 bits per heavy atom. The Balaban J connectivity index is 1.75. The van der Waals surface area contributed by atoms with Crippen molar-refractivity contribution in [2.24, 2.45) is 12.0 Å². The third-order valence-electron chi connectivity index (χ3n) is 3.15. The Hall–Kier alpha value is -1.89. The molecule has 0 fully saturated rings. The first-order valence-electron chi connectivity index (χ1n) is 6.93. The minimum atomic E-state index is 0.711. The molecule has 0 atom stereocenters. The van der Waals surface area contributed by atoms with E-state index in [0.29, 0.717) is 6.54 Å². The fourth-order valence-electron chi connectivity index (χ4n) is 1.90. The van der Waals surface area contributed by atoms with Crippen molar-refractivity contribution in [3.63, 3.8) is 0 Å². The van der Waals surface area contributed by atoms with Crippen LogP contribution in [0, 0.1) is 13.8 Å². The lowest BCUT2D eigenvalue weighted by molar-refractivity contribution is 0.764. The average molecular weight is 306 g/mol. The summed E-state index contributed by atoms with van der Waals surface area (Å²) in [7, 11) is 3.69. The minimum Gasteiger partial charge on any atom is -0.356 e. The lowest BCUT2D eigenvalue weighted by Crippen LogP contribution is -2.37. The zero-order valence-electron chi connectivity index (χ0n) is 13.0. The van der Waals surface area contributed by atoms with Gasteiger partial charge in [0.1, 0.15) is 0 Å². The summed E-state index contributed by atoms with van der Waals surface area (Å²) in [5, 5.41) is 11.9. The summed E-state index contributed by atoms with van der Waals surface area (Å²) in [6.45, 7) is 5.69. The monoisotopic (exact) mass is 306 g/mol. The van der Waals surface area contributed by atoms with Crippen LogP contribution in [-0.2, 0) is 20.0 Å². The van der Waals surface area contributed by atoms with Crippen LogP contribution < -0.4 is 10.6 Å². The number of nitrogens with zero attached hydrogens (tertiary/aromatic N) is 4. The summed E-state index contributed by atoms with van der Waals surface area (Å²) >= 11 is 1.76. The molecule has 7 heteroatoms. The van der Waals surface area contributed by atoms with Gasteiger partial charge in [-0.2, -0.15) is 5.10 Å². The van der Waals surface area contributed by atoms with E-state index in [2.05, 4.69) is 39.6 Å². The van der Waals surface area contributed by atoms with Crippen molar-refractivity contribution < 1.29 is 0 Å². The van der Waals surface area contributed by atoms with Crippen molar-refractivity contribution in [3.8, 4) is 0 Å². The molecule has 2 heterocycles. The van der Waals surface area contributed by atoms with Crippen LogP contribution in [-0.4, -0.2) is 34.3 Å². The number of aryl methyl sites for hydroxylation is 3. The first-order valence-corrected chi connectivity index (χ1v) is 7.75. The predicted molar refractivity (Wildman–Crippen MR) is 86.7 cm³/mol. The second kappa shape index (κ2) is 7.21. The zero-order chi connectivity index (χ0) is 15.2. The molecule has 0 aliphatic rings. The summed E-state index contributed by atoms with van der Waals surface area (Å²) in [5.74, 6) is 0.795. The van der Waals surface area contributed by atoms with Crippen LogP contribution in [0.25, 0.3) is 0 Å². The van der Waals surface area contributed by atoms with Gasteiger partial charge in [-0.1, -0.05) is 0 Å². The molecule has 0 amide bonds. The number of thiazole rings is 1. The van der Waals surface area contributed by atoms with E-state index in [1.807, 2.05) is 19.4 Å². The normalized spacial score (nSPS) is 11.7. The Labute approximate surface area is 129 Å². The van der Waals surface area contributed by atoms with Gasteiger partial charge in [-0.15, -0.1) is 11.3 Å². The Bertz CT molecular complexity index is 593. The molecular formula is C14H22N6S. The van der Waals surface area contributed by atoms with Crippen LogP contribution in [0.3, 0.4) is 0 Å². The molecule has 2 aromatic heterocycles. The minimum absolute atomic E-state index is 0.711. The molecule has 0 aliphatic heterocycles. The van der Waals surface area contributed by atoms with Gasteiger partial charge in [0, 0.05) is 50.2 Å². The second-order valence-electron chi connectivity index (χ2n) is 4.87. The predicted octanol–water partition coefficient (Wildman–Crippen LogP) is 1.40. The summed E-state index contributed by atoms with van der Waals surface area (Å²) in [6, 6.07) is 0. The van der Waals surface area contributed by atoms with E-state index < -0.39 is 0 Å². The fraction of sp³-hybridized carbons (Fsp3) is 0.500. The van der Waals surface area contributed by atoms with Crippen LogP contribution in [0.5, 0.6) is 0 Å². The Morgan fingerprint density at radius 3 is 2.76 bits per heavy atom. The highest BCUT2D eigenvalue weighted by Gasteiger charge is 2.04. The maximum absolute atomic E-state index is 4.54. The highest BCUT2D eigenvalue weighted by atomic mass is 32.1. The second-order valence-corrected chi connectivity index (χ2v) is 6.16. The number of rotatable bonds is 5. The van der Waals surface area contributed by atoms with Gasteiger partial charge in [0.25, 0.3) is 0 Å². The summed E-state index contributed by atoms with van der Waals surface area (Å²) < 4.78 is 1.79. The van der Waals surface area contributed by atoms with E-state index in [-0.39, 0.29) is 0 Å². The molecule has 0 spiro atoms. The number of hydrogen-bond donors (Lipinski definition) is 2. The lowest BCUT2D eigenvalue weighted by atomic mass is 10.3. The van der Waals surface area contributed by atoms with Gasteiger partial charge in [-0.05, 0) is 13.8 Å². The van der Waals surface area contributed by atoms with Gasteiger partial charge < -0.3 is 10.6 Å². The van der Waals surface area contributed by atoms with Gasteiger partial charge in [-0.25, -0.2) is 4.98 Å². The molecule has 0 bridgehead atoms. The standard InChI is InChI=1S/C14H22N6S/c1-10-11(2)21-13(19-10)5-6-16-14(15-3)17-7-12-8-18-20(4)9-12/h8-9H,5-7H2,1-4H3,(H2,15,16,17). The highest BCUT2D eigenvalue weighted by molar-refractivity contribution is 7.11. The highest BCUT2D eigenvalue weighted by Crippen LogP contribution is 2.16. The van der Waals surface area contributed by atoms with E-state index in [0.717, 1.165) is 30.2 Å². The fourth-order valence-corrected chi connectivity index (χ4v) is 2.84. The molecule has 0 aromatic carbocycles. The van der Waals surface area contributed by atoms with E-state index in [9.17, 15) is 0 Å². The molecule has 6 nitrogen and oxygen atoms in total. The number of nitrogens with one attached hydrogen (secondary N) is 2. The molecule has 0 saturated carbocycles. The lowest BCUT2D eigenvalue weighted by Gasteiger charge is -2.10. The van der Waals surface area contributed by atoms with Gasteiger partial charge in [0.05, 0.1) is 16.9 Å². The van der Waals surface area contributed by atoms with Crippen LogP contribution in [0.4, 0.5) is 0 Å². The Morgan fingerprint density at radius 1 is 1.38 bits per heavy atom. The largest absolute Gasteiger partial charge is 0.356 e. The topological polar surface area (TPSA) is 67.1 Å². The smallest absolute Gasteiger partial charge is 0.191 e. The third-order valence-corrected chi connectivity index (χ3v) is 4.28. The molecule has 0 radical (unpaired) electrons. The van der Waals surface area contributed by atoms with E-state index >= 15 is 0 Å². The summed E-state index contributed by atoms with van der Waals surface area (Å²) in [6.07, 6.45) is 4.75. The molecule has 0 saturated heterocycles. The van der Waals surface area contributed by atoms with E-state index in [4.69, 9.17) is 0 Å².